The molecule has 0 atom stereocenters. The topological polar surface area (TPSA) is 90.4 Å². The summed E-state index contributed by atoms with van der Waals surface area (Å²) in [5.74, 6) is 0.492. The number of carbonyl (C=O) groups is 1. The second-order valence-electron chi connectivity index (χ2n) is 7.15. The Morgan fingerprint density at radius 3 is 2.56 bits per heavy atom. The number of ketones is 1. The van der Waals surface area contributed by atoms with Gasteiger partial charge in [-0.3, -0.25) is 9.36 Å². The Hall–Kier alpha value is -2.90. The normalized spacial score (nSPS) is 11.6. The van der Waals surface area contributed by atoms with Crippen molar-refractivity contribution >= 4 is 46.6 Å². The van der Waals surface area contributed by atoms with Gasteiger partial charge in [-0.1, -0.05) is 30.3 Å². The lowest BCUT2D eigenvalue weighted by molar-refractivity contribution is 0.101. The molecule has 164 valence electrons. The maximum atomic E-state index is 12.3. The number of benzene rings is 2. The van der Waals surface area contributed by atoms with Crippen LogP contribution in [0.2, 0.25) is 0 Å². The molecule has 4 aromatic rings. The lowest BCUT2D eigenvalue weighted by Gasteiger charge is -2.13. The van der Waals surface area contributed by atoms with Gasteiger partial charge in [0, 0.05) is 36.4 Å². The Morgan fingerprint density at radius 2 is 1.88 bits per heavy atom. The average molecular weight is 467 g/mol. The molecule has 0 aliphatic carbocycles. The number of carbonyl (C=O) groups excluding carboxylic acids is 1. The van der Waals surface area contributed by atoms with Gasteiger partial charge >= 0.3 is 7.60 Å². The minimum absolute atomic E-state index is 0.0270. The Kier molecular flexibility index (Phi) is 6.48. The van der Waals surface area contributed by atoms with Crippen LogP contribution in [0.3, 0.4) is 0 Å². The van der Waals surface area contributed by atoms with Crippen LogP contribution in [-0.2, 0) is 19.8 Å². The highest BCUT2D eigenvalue weighted by atomic mass is 32.1. The third-order valence-corrected chi connectivity index (χ3v) is 7.81. The first-order valence-electron chi connectivity index (χ1n) is 9.83. The summed E-state index contributed by atoms with van der Waals surface area (Å²) in [5.41, 5.74) is 5.03. The first-order valence-corrected chi connectivity index (χ1v) is 12.4. The number of nitrogens with zero attached hydrogens (tertiary/aromatic N) is 2. The van der Waals surface area contributed by atoms with Crippen molar-refractivity contribution in [3.8, 4) is 11.1 Å². The van der Waals surface area contributed by atoms with Crippen LogP contribution in [0.5, 0.6) is 0 Å². The summed E-state index contributed by atoms with van der Waals surface area (Å²) in [6.07, 6.45) is 1.98. The Morgan fingerprint density at radius 1 is 1.12 bits per heavy atom. The second kappa shape index (κ2) is 9.30. The van der Waals surface area contributed by atoms with Crippen LogP contribution in [-0.4, -0.2) is 30.0 Å². The number of Topliss-reactive ketones (excluding diaryl/α,β-unsaturated/α-hetero) is 1. The van der Waals surface area contributed by atoms with E-state index in [0.717, 1.165) is 32.6 Å². The van der Waals surface area contributed by atoms with Crippen LogP contribution in [0, 0.1) is 0 Å². The number of fused-ring (bicyclic) bond motifs is 1. The number of rotatable bonds is 8. The van der Waals surface area contributed by atoms with E-state index in [1.165, 1.54) is 14.2 Å². The summed E-state index contributed by atoms with van der Waals surface area (Å²) in [5, 5.41) is 5.24. The summed E-state index contributed by atoms with van der Waals surface area (Å²) < 4.78 is 23.3. The fourth-order valence-electron chi connectivity index (χ4n) is 3.25. The molecule has 9 heteroatoms. The molecule has 0 aliphatic heterocycles. The quantitative estimate of drug-likeness (QED) is 0.240. The second-order valence-corrected chi connectivity index (χ2v) is 10.3. The molecule has 0 radical (unpaired) electrons. The van der Waals surface area contributed by atoms with E-state index in [4.69, 9.17) is 14.0 Å². The maximum Gasteiger partial charge on any atom is 0.334 e. The van der Waals surface area contributed by atoms with Crippen LogP contribution in [0.15, 0.2) is 60.1 Å². The molecule has 2 heterocycles. The van der Waals surface area contributed by atoms with Gasteiger partial charge in [-0.2, -0.15) is 0 Å². The predicted octanol–water partition coefficient (Wildman–Crippen LogP) is 6.29. The molecule has 7 nitrogen and oxygen atoms in total. The minimum atomic E-state index is -3.11. The van der Waals surface area contributed by atoms with E-state index in [1.807, 2.05) is 53.9 Å². The fourth-order valence-corrected chi connectivity index (χ4v) is 5.19. The number of anilines is 2. The molecule has 4 rings (SSSR count). The van der Waals surface area contributed by atoms with Gasteiger partial charge in [-0.25, -0.2) is 9.97 Å². The predicted molar refractivity (Wildman–Crippen MR) is 128 cm³/mol. The van der Waals surface area contributed by atoms with Crippen LogP contribution in [0.25, 0.3) is 21.3 Å². The van der Waals surface area contributed by atoms with Crippen molar-refractivity contribution in [1.82, 2.24) is 9.97 Å². The molecule has 0 fully saturated rings. The van der Waals surface area contributed by atoms with Crippen molar-refractivity contribution in [3.05, 3.63) is 71.2 Å². The van der Waals surface area contributed by atoms with E-state index in [1.54, 1.807) is 24.5 Å². The Labute approximate surface area is 190 Å². The highest BCUT2D eigenvalue weighted by Gasteiger charge is 2.21. The number of hydrogen-bond donors (Lipinski definition) is 1. The lowest BCUT2D eigenvalue weighted by Crippen LogP contribution is -1.98. The van der Waals surface area contributed by atoms with Crippen LogP contribution < -0.4 is 5.32 Å². The summed E-state index contributed by atoms with van der Waals surface area (Å²) in [6.45, 7) is 1.56. The molecule has 2 aromatic carbocycles. The van der Waals surface area contributed by atoms with Crippen LogP contribution in [0.1, 0.15) is 22.8 Å². The minimum Gasteiger partial charge on any atom is -0.324 e. The van der Waals surface area contributed by atoms with Crippen molar-refractivity contribution in [1.29, 1.82) is 0 Å². The summed E-state index contributed by atoms with van der Waals surface area (Å²) in [6, 6.07) is 15.0. The maximum absolute atomic E-state index is 12.3. The zero-order valence-electron chi connectivity index (χ0n) is 17.9. The van der Waals surface area contributed by atoms with Gasteiger partial charge in [-0.15, -0.1) is 11.3 Å². The molecular weight excluding hydrogens is 445 g/mol. The van der Waals surface area contributed by atoms with Gasteiger partial charge in [-0.05, 0) is 36.2 Å². The third-order valence-electron chi connectivity index (χ3n) is 5.04. The zero-order chi connectivity index (χ0) is 22.7. The monoisotopic (exact) mass is 467 g/mol. The molecule has 0 saturated heterocycles. The van der Waals surface area contributed by atoms with Gasteiger partial charge in [0.05, 0.1) is 22.6 Å². The molecule has 0 amide bonds. The van der Waals surface area contributed by atoms with Crippen molar-refractivity contribution in [3.63, 3.8) is 0 Å². The molecule has 0 unspecified atom stereocenters. The Bertz CT molecular complexity index is 1310. The van der Waals surface area contributed by atoms with Crippen LogP contribution >= 0.6 is 18.9 Å². The van der Waals surface area contributed by atoms with Gasteiger partial charge in [0.1, 0.15) is 0 Å². The van der Waals surface area contributed by atoms with Gasteiger partial charge in [0.15, 0.2) is 5.78 Å². The third kappa shape index (κ3) is 4.79. The summed E-state index contributed by atoms with van der Waals surface area (Å²) in [7, 11) is -0.359. The van der Waals surface area contributed by atoms with E-state index in [-0.39, 0.29) is 11.9 Å². The summed E-state index contributed by atoms with van der Waals surface area (Å²) >= 11 is 1.56. The smallest absolute Gasteiger partial charge is 0.324 e. The van der Waals surface area contributed by atoms with Gasteiger partial charge in [0.25, 0.3) is 0 Å². The lowest BCUT2D eigenvalue weighted by atomic mass is 10.0. The molecule has 2 aromatic heterocycles. The Balaban J connectivity index is 1.58. The van der Waals surface area contributed by atoms with Crippen LogP contribution in [0.4, 0.5) is 11.6 Å². The van der Waals surface area contributed by atoms with Crippen molar-refractivity contribution < 1.29 is 18.4 Å². The van der Waals surface area contributed by atoms with E-state index in [9.17, 15) is 9.36 Å². The van der Waals surface area contributed by atoms with E-state index < -0.39 is 7.60 Å². The molecule has 1 N–H and O–H groups in total. The molecule has 0 bridgehead atoms. The van der Waals surface area contributed by atoms with Crippen molar-refractivity contribution in [2.45, 2.75) is 13.1 Å². The first kappa shape index (κ1) is 22.3. The van der Waals surface area contributed by atoms with E-state index in [2.05, 4.69) is 10.3 Å². The molecule has 0 spiro atoms. The number of nitrogens with one attached hydrogen (secondary N) is 1. The molecule has 0 aliphatic rings. The highest BCUT2D eigenvalue weighted by molar-refractivity contribution is 7.52. The van der Waals surface area contributed by atoms with E-state index >= 15 is 0 Å². The zero-order valence-corrected chi connectivity index (χ0v) is 19.6. The van der Waals surface area contributed by atoms with Gasteiger partial charge in [0.2, 0.25) is 5.95 Å². The molecule has 32 heavy (non-hydrogen) atoms. The SMILES string of the molecule is COP(=O)(Cc1ccc(Nc2ncc3scc(-c4cccc(C(C)=O)c4)c3n2)cc1)OC. The fraction of sp³-hybridized carbons (Fsp3) is 0.174. The van der Waals surface area contributed by atoms with Crippen molar-refractivity contribution in [2.24, 2.45) is 0 Å². The van der Waals surface area contributed by atoms with Crippen molar-refractivity contribution in [2.75, 3.05) is 19.5 Å². The van der Waals surface area contributed by atoms with E-state index in [0.29, 0.717) is 11.5 Å². The van der Waals surface area contributed by atoms with Gasteiger partial charge < -0.3 is 14.4 Å². The molecular formula is C23H22N3O4PS. The number of thiophene rings is 1. The number of hydrogen-bond acceptors (Lipinski definition) is 8. The molecule has 0 saturated carbocycles. The average Bonchev–Trinajstić information content (AvgIpc) is 3.23. The number of aromatic nitrogens is 2. The standard InChI is InChI=1S/C23H22N3O4PS/c1-15(27)17-5-4-6-18(11-17)20-14-32-21-12-24-23(26-22(20)21)25-19-9-7-16(8-10-19)13-31(28,29-2)30-3/h4-12,14H,13H2,1-3H3,(H,24,25,26). The largest absolute Gasteiger partial charge is 0.334 e. The first-order chi connectivity index (χ1) is 15.4. The summed E-state index contributed by atoms with van der Waals surface area (Å²) in [4.78, 5) is 20.9. The highest BCUT2D eigenvalue weighted by Crippen LogP contribution is 2.49.